The van der Waals surface area contributed by atoms with E-state index in [4.69, 9.17) is 15.2 Å². The maximum absolute atomic E-state index is 5.88. The van der Waals surface area contributed by atoms with Crippen molar-refractivity contribution in [2.45, 2.75) is 12.3 Å². The highest BCUT2D eigenvalue weighted by Gasteiger charge is 2.38. The molecule has 19 heavy (non-hydrogen) atoms. The molecule has 4 heteroatoms. The normalized spacial score (nSPS) is 25.6. The Morgan fingerprint density at radius 1 is 1.42 bits per heavy atom. The summed E-state index contributed by atoms with van der Waals surface area (Å²) in [5.74, 6) is 3.14. The van der Waals surface area contributed by atoms with Gasteiger partial charge in [-0.2, -0.15) is 0 Å². The molecule has 0 unspecified atom stereocenters. The summed E-state index contributed by atoms with van der Waals surface area (Å²) in [4.78, 5) is 2.51. The monoisotopic (exact) mass is 262 g/mol. The third kappa shape index (κ3) is 2.42. The standard InChI is InChI=1S/C15H22N2O2/c1-18-12-3-4-15-13(7-12)14-9-17(6-2-5-16)8-11(14)10-19-15/h3-4,7,11,14H,2,5-6,8-10,16H2,1H3/t11-,14-/m0/s1. The highest BCUT2D eigenvalue weighted by molar-refractivity contribution is 5.44. The highest BCUT2D eigenvalue weighted by atomic mass is 16.5. The van der Waals surface area contributed by atoms with Gasteiger partial charge in [-0.25, -0.2) is 0 Å². The largest absolute Gasteiger partial charge is 0.497 e. The van der Waals surface area contributed by atoms with Crippen LogP contribution in [0.15, 0.2) is 18.2 Å². The summed E-state index contributed by atoms with van der Waals surface area (Å²) < 4.78 is 11.2. The highest BCUT2D eigenvalue weighted by Crippen LogP contribution is 2.42. The maximum Gasteiger partial charge on any atom is 0.123 e. The molecule has 0 saturated carbocycles. The fraction of sp³-hybridized carbons (Fsp3) is 0.600. The van der Waals surface area contributed by atoms with Gasteiger partial charge in [0.15, 0.2) is 0 Å². The van der Waals surface area contributed by atoms with Gasteiger partial charge < -0.3 is 20.1 Å². The number of benzene rings is 1. The Hall–Kier alpha value is -1.26. The first-order valence-electron chi connectivity index (χ1n) is 7.05. The number of likely N-dealkylation sites (tertiary alicyclic amines) is 1. The lowest BCUT2D eigenvalue weighted by atomic mass is 9.87. The second kappa shape index (κ2) is 5.39. The predicted octanol–water partition coefficient (Wildman–Crippen LogP) is 1.45. The molecule has 0 spiro atoms. The van der Waals surface area contributed by atoms with Crippen LogP contribution in [0.1, 0.15) is 17.9 Å². The van der Waals surface area contributed by atoms with Gasteiger partial charge >= 0.3 is 0 Å². The van der Waals surface area contributed by atoms with Crippen molar-refractivity contribution in [2.75, 3.05) is 39.9 Å². The van der Waals surface area contributed by atoms with Crippen LogP contribution in [0.4, 0.5) is 0 Å². The summed E-state index contributed by atoms with van der Waals surface area (Å²) in [6.45, 7) is 4.95. The topological polar surface area (TPSA) is 47.7 Å². The van der Waals surface area contributed by atoms with Crippen LogP contribution in [0, 0.1) is 5.92 Å². The summed E-state index contributed by atoms with van der Waals surface area (Å²) in [5, 5.41) is 0. The quantitative estimate of drug-likeness (QED) is 0.892. The second-order valence-corrected chi connectivity index (χ2v) is 5.48. The minimum absolute atomic E-state index is 0.580. The van der Waals surface area contributed by atoms with E-state index in [1.54, 1.807) is 7.11 Å². The van der Waals surface area contributed by atoms with Crippen LogP contribution < -0.4 is 15.2 Å². The van der Waals surface area contributed by atoms with Crippen molar-refractivity contribution in [3.05, 3.63) is 23.8 Å². The van der Waals surface area contributed by atoms with Crippen molar-refractivity contribution >= 4 is 0 Å². The molecule has 2 N–H and O–H groups in total. The number of nitrogens with two attached hydrogens (primary N) is 1. The predicted molar refractivity (Wildman–Crippen MR) is 74.8 cm³/mol. The number of rotatable bonds is 4. The third-order valence-corrected chi connectivity index (χ3v) is 4.26. The van der Waals surface area contributed by atoms with E-state index in [-0.39, 0.29) is 0 Å². The number of fused-ring (bicyclic) bond motifs is 3. The summed E-state index contributed by atoms with van der Waals surface area (Å²) in [6.07, 6.45) is 1.07. The van der Waals surface area contributed by atoms with Crippen LogP contribution >= 0.6 is 0 Å². The molecule has 0 radical (unpaired) electrons. The summed E-state index contributed by atoms with van der Waals surface area (Å²) in [6, 6.07) is 6.14. The molecule has 0 amide bonds. The van der Waals surface area contributed by atoms with Crippen LogP contribution in [0.2, 0.25) is 0 Å². The van der Waals surface area contributed by atoms with Crippen molar-refractivity contribution in [3.63, 3.8) is 0 Å². The molecular formula is C15H22N2O2. The number of ether oxygens (including phenoxy) is 2. The van der Waals surface area contributed by atoms with Gasteiger partial charge in [-0.15, -0.1) is 0 Å². The average molecular weight is 262 g/mol. The van der Waals surface area contributed by atoms with E-state index >= 15 is 0 Å². The average Bonchev–Trinajstić information content (AvgIpc) is 2.87. The first-order valence-corrected chi connectivity index (χ1v) is 7.05. The molecule has 2 heterocycles. The first kappa shape index (κ1) is 12.8. The Morgan fingerprint density at radius 2 is 2.32 bits per heavy atom. The summed E-state index contributed by atoms with van der Waals surface area (Å²) in [5.41, 5.74) is 6.91. The Kier molecular flexibility index (Phi) is 3.62. The molecule has 3 rings (SSSR count). The summed E-state index contributed by atoms with van der Waals surface area (Å²) in [7, 11) is 1.71. The van der Waals surface area contributed by atoms with E-state index in [1.807, 2.05) is 12.1 Å². The van der Waals surface area contributed by atoms with Gasteiger partial charge in [0.05, 0.1) is 13.7 Å². The fourth-order valence-corrected chi connectivity index (χ4v) is 3.25. The van der Waals surface area contributed by atoms with Gasteiger partial charge in [-0.05, 0) is 37.7 Å². The van der Waals surface area contributed by atoms with E-state index in [2.05, 4.69) is 11.0 Å². The smallest absolute Gasteiger partial charge is 0.123 e. The van der Waals surface area contributed by atoms with Crippen LogP contribution in [0.25, 0.3) is 0 Å². The maximum atomic E-state index is 5.88. The Morgan fingerprint density at radius 3 is 3.11 bits per heavy atom. The van der Waals surface area contributed by atoms with E-state index in [0.29, 0.717) is 11.8 Å². The molecule has 0 bridgehead atoms. The first-order chi connectivity index (χ1) is 9.31. The van der Waals surface area contributed by atoms with Crippen LogP contribution in [-0.2, 0) is 0 Å². The third-order valence-electron chi connectivity index (χ3n) is 4.26. The van der Waals surface area contributed by atoms with E-state index in [9.17, 15) is 0 Å². The fourth-order valence-electron chi connectivity index (χ4n) is 3.25. The molecule has 1 aromatic carbocycles. The van der Waals surface area contributed by atoms with E-state index < -0.39 is 0 Å². The van der Waals surface area contributed by atoms with E-state index in [0.717, 1.165) is 50.7 Å². The Labute approximate surface area is 114 Å². The van der Waals surface area contributed by atoms with Crippen LogP contribution in [0.5, 0.6) is 11.5 Å². The number of methoxy groups -OCH3 is 1. The number of hydrogen-bond donors (Lipinski definition) is 1. The van der Waals surface area contributed by atoms with Crippen LogP contribution in [-0.4, -0.2) is 44.8 Å². The van der Waals surface area contributed by atoms with E-state index in [1.165, 1.54) is 5.56 Å². The molecule has 1 saturated heterocycles. The van der Waals surface area contributed by atoms with Gasteiger partial charge in [0.2, 0.25) is 0 Å². The molecule has 4 nitrogen and oxygen atoms in total. The molecule has 0 aliphatic carbocycles. The van der Waals surface area contributed by atoms with Gasteiger partial charge in [-0.3, -0.25) is 0 Å². The van der Waals surface area contributed by atoms with Crippen molar-refractivity contribution in [1.82, 2.24) is 4.90 Å². The van der Waals surface area contributed by atoms with Gasteiger partial charge in [0.1, 0.15) is 11.5 Å². The Balaban J connectivity index is 1.79. The number of hydrogen-bond acceptors (Lipinski definition) is 4. The minimum atomic E-state index is 0.580. The molecule has 0 aromatic heterocycles. The lowest BCUT2D eigenvalue weighted by Gasteiger charge is -2.28. The SMILES string of the molecule is COc1ccc2c(c1)[C@H]1CN(CCCN)C[C@H]1CO2. The van der Waals surface area contributed by atoms with Crippen molar-refractivity contribution in [3.8, 4) is 11.5 Å². The van der Waals surface area contributed by atoms with Crippen LogP contribution in [0.3, 0.4) is 0 Å². The molecule has 2 aliphatic heterocycles. The second-order valence-electron chi connectivity index (χ2n) is 5.48. The molecule has 2 atom stereocenters. The Bertz CT molecular complexity index is 450. The molecule has 1 fully saturated rings. The van der Waals surface area contributed by atoms with Gasteiger partial charge in [0, 0.05) is 30.5 Å². The molecule has 104 valence electrons. The zero-order chi connectivity index (χ0) is 13.2. The van der Waals surface area contributed by atoms with Crippen molar-refractivity contribution < 1.29 is 9.47 Å². The lowest BCUT2D eigenvalue weighted by Crippen LogP contribution is -2.25. The molecule has 2 aliphatic rings. The lowest BCUT2D eigenvalue weighted by molar-refractivity contribution is 0.212. The molecular weight excluding hydrogens is 240 g/mol. The molecule has 1 aromatic rings. The van der Waals surface area contributed by atoms with Gasteiger partial charge in [0.25, 0.3) is 0 Å². The summed E-state index contributed by atoms with van der Waals surface area (Å²) >= 11 is 0. The minimum Gasteiger partial charge on any atom is -0.497 e. The van der Waals surface area contributed by atoms with Crippen molar-refractivity contribution in [1.29, 1.82) is 0 Å². The number of nitrogens with zero attached hydrogens (tertiary/aromatic N) is 1. The van der Waals surface area contributed by atoms with Gasteiger partial charge in [-0.1, -0.05) is 0 Å². The van der Waals surface area contributed by atoms with Crippen molar-refractivity contribution in [2.24, 2.45) is 11.7 Å². The zero-order valence-corrected chi connectivity index (χ0v) is 11.5. The zero-order valence-electron chi connectivity index (χ0n) is 11.5.